The van der Waals surface area contributed by atoms with E-state index in [9.17, 15) is 4.79 Å². The smallest absolute Gasteiger partial charge is 0.227 e. The van der Waals surface area contributed by atoms with Gasteiger partial charge in [0.2, 0.25) is 5.91 Å². The van der Waals surface area contributed by atoms with Crippen LogP contribution in [0.15, 0.2) is 0 Å². The Bertz CT molecular complexity index is 279. The van der Waals surface area contributed by atoms with E-state index >= 15 is 0 Å². The van der Waals surface area contributed by atoms with Gasteiger partial charge in [-0.1, -0.05) is 26.7 Å². The molecule has 2 unspecified atom stereocenters. The summed E-state index contributed by atoms with van der Waals surface area (Å²) in [6, 6.07) is 0.0651. The van der Waals surface area contributed by atoms with Crippen molar-refractivity contribution in [2.45, 2.75) is 45.6 Å². The van der Waals surface area contributed by atoms with Gasteiger partial charge in [-0.25, -0.2) is 0 Å². The van der Waals surface area contributed by atoms with Crippen LogP contribution < -0.4 is 5.73 Å². The summed E-state index contributed by atoms with van der Waals surface area (Å²) in [5.41, 5.74) is 6.15. The third kappa shape index (κ3) is 5.49. The molecule has 0 heterocycles. The van der Waals surface area contributed by atoms with E-state index in [-0.39, 0.29) is 17.9 Å². The molecule has 0 aromatic rings. The highest BCUT2D eigenvalue weighted by molar-refractivity contribution is 5.79. The molecule has 0 saturated heterocycles. The third-order valence-electron chi connectivity index (χ3n) is 3.85. The Labute approximate surface area is 118 Å². The SMILES string of the molecule is CC(C)CN(CCN(C)C)C(=O)C1CCCCC1N. The molecule has 1 aliphatic carbocycles. The summed E-state index contributed by atoms with van der Waals surface area (Å²) in [5, 5.41) is 0. The van der Waals surface area contributed by atoms with Gasteiger partial charge in [0.15, 0.2) is 0 Å². The lowest BCUT2D eigenvalue weighted by Crippen LogP contribution is -2.48. The molecular formula is C15H31N3O. The minimum atomic E-state index is 0.0506. The Morgan fingerprint density at radius 3 is 2.37 bits per heavy atom. The van der Waals surface area contributed by atoms with Gasteiger partial charge in [-0.15, -0.1) is 0 Å². The van der Waals surface area contributed by atoms with Crippen LogP contribution in [0.2, 0.25) is 0 Å². The standard InChI is InChI=1S/C15H31N3O/c1-12(2)11-18(10-9-17(3)4)15(19)13-7-5-6-8-14(13)16/h12-14H,5-11,16H2,1-4H3. The third-order valence-corrected chi connectivity index (χ3v) is 3.85. The van der Waals surface area contributed by atoms with E-state index in [1.54, 1.807) is 0 Å². The van der Waals surface area contributed by atoms with E-state index in [0.29, 0.717) is 5.92 Å². The van der Waals surface area contributed by atoms with E-state index < -0.39 is 0 Å². The highest BCUT2D eigenvalue weighted by Gasteiger charge is 2.31. The van der Waals surface area contributed by atoms with Crippen LogP contribution in [0, 0.1) is 11.8 Å². The van der Waals surface area contributed by atoms with Crippen molar-refractivity contribution in [3.05, 3.63) is 0 Å². The Balaban J connectivity index is 2.63. The Hall–Kier alpha value is -0.610. The molecule has 112 valence electrons. The second-order valence-electron chi connectivity index (χ2n) is 6.54. The van der Waals surface area contributed by atoms with Gasteiger partial charge in [-0.2, -0.15) is 0 Å². The van der Waals surface area contributed by atoms with Crippen LogP contribution in [0.4, 0.5) is 0 Å². The molecule has 4 heteroatoms. The number of likely N-dealkylation sites (N-methyl/N-ethyl adjacent to an activating group) is 1. The van der Waals surface area contributed by atoms with E-state index in [2.05, 4.69) is 18.7 Å². The van der Waals surface area contributed by atoms with E-state index in [1.807, 2.05) is 19.0 Å². The average molecular weight is 269 g/mol. The van der Waals surface area contributed by atoms with E-state index in [0.717, 1.165) is 38.9 Å². The Kier molecular flexibility index (Phi) is 6.80. The second kappa shape index (κ2) is 7.85. The van der Waals surface area contributed by atoms with Gasteiger partial charge >= 0.3 is 0 Å². The first-order chi connectivity index (χ1) is 8.91. The molecule has 1 amide bonds. The zero-order valence-electron chi connectivity index (χ0n) is 13.1. The molecule has 2 N–H and O–H groups in total. The van der Waals surface area contributed by atoms with Crippen molar-refractivity contribution in [1.29, 1.82) is 0 Å². The lowest BCUT2D eigenvalue weighted by Gasteiger charge is -2.34. The summed E-state index contributed by atoms with van der Waals surface area (Å²) >= 11 is 0. The molecule has 2 atom stereocenters. The van der Waals surface area contributed by atoms with Gasteiger partial charge in [0.05, 0.1) is 5.92 Å². The molecule has 0 aliphatic heterocycles. The van der Waals surface area contributed by atoms with Crippen molar-refractivity contribution in [3.63, 3.8) is 0 Å². The maximum absolute atomic E-state index is 12.7. The summed E-state index contributed by atoms with van der Waals surface area (Å²) in [4.78, 5) is 16.8. The van der Waals surface area contributed by atoms with E-state index in [1.165, 1.54) is 6.42 Å². The van der Waals surface area contributed by atoms with Crippen LogP contribution in [-0.4, -0.2) is 55.5 Å². The fourth-order valence-electron chi connectivity index (χ4n) is 2.75. The predicted molar refractivity (Wildman–Crippen MR) is 79.9 cm³/mol. The van der Waals surface area contributed by atoms with Gasteiger partial charge in [0.1, 0.15) is 0 Å². The molecular weight excluding hydrogens is 238 g/mol. The van der Waals surface area contributed by atoms with Crippen LogP contribution in [0.3, 0.4) is 0 Å². The quantitative estimate of drug-likeness (QED) is 0.796. The number of amides is 1. The molecule has 0 spiro atoms. The zero-order chi connectivity index (χ0) is 14.4. The van der Waals surface area contributed by atoms with E-state index in [4.69, 9.17) is 5.73 Å². The molecule has 0 radical (unpaired) electrons. The van der Waals surface area contributed by atoms with Crippen LogP contribution in [0.25, 0.3) is 0 Å². The highest BCUT2D eigenvalue weighted by Crippen LogP contribution is 2.25. The molecule has 1 rings (SSSR count). The first-order valence-corrected chi connectivity index (χ1v) is 7.61. The fraction of sp³-hybridized carbons (Fsp3) is 0.933. The lowest BCUT2D eigenvalue weighted by atomic mass is 9.84. The predicted octanol–water partition coefficient (Wildman–Crippen LogP) is 1.55. The van der Waals surface area contributed by atoms with Crippen LogP contribution in [-0.2, 0) is 4.79 Å². The van der Waals surface area contributed by atoms with Crippen LogP contribution in [0.5, 0.6) is 0 Å². The zero-order valence-corrected chi connectivity index (χ0v) is 13.1. The Morgan fingerprint density at radius 2 is 1.84 bits per heavy atom. The highest BCUT2D eigenvalue weighted by atomic mass is 16.2. The van der Waals surface area contributed by atoms with Crippen LogP contribution in [0.1, 0.15) is 39.5 Å². The van der Waals surface area contributed by atoms with Gasteiger partial charge < -0.3 is 15.5 Å². The Morgan fingerprint density at radius 1 is 1.21 bits per heavy atom. The maximum atomic E-state index is 12.7. The van der Waals surface area contributed by atoms with Gasteiger partial charge in [-0.05, 0) is 32.9 Å². The number of carbonyl (C=O) groups is 1. The summed E-state index contributed by atoms with van der Waals surface area (Å²) in [6.45, 7) is 6.90. The summed E-state index contributed by atoms with van der Waals surface area (Å²) in [7, 11) is 4.09. The molecule has 1 aliphatic rings. The minimum Gasteiger partial charge on any atom is -0.341 e. The molecule has 0 aromatic carbocycles. The first kappa shape index (κ1) is 16.4. The topological polar surface area (TPSA) is 49.6 Å². The monoisotopic (exact) mass is 269 g/mol. The van der Waals surface area contributed by atoms with Gasteiger partial charge in [-0.3, -0.25) is 4.79 Å². The fourth-order valence-corrected chi connectivity index (χ4v) is 2.75. The van der Waals surface area contributed by atoms with Crippen LogP contribution >= 0.6 is 0 Å². The molecule has 4 nitrogen and oxygen atoms in total. The number of nitrogens with zero attached hydrogens (tertiary/aromatic N) is 2. The maximum Gasteiger partial charge on any atom is 0.227 e. The van der Waals surface area contributed by atoms with Crippen molar-refractivity contribution < 1.29 is 4.79 Å². The summed E-state index contributed by atoms with van der Waals surface area (Å²) in [6.07, 6.45) is 4.29. The summed E-state index contributed by atoms with van der Waals surface area (Å²) < 4.78 is 0. The number of carbonyl (C=O) groups excluding carboxylic acids is 1. The summed E-state index contributed by atoms with van der Waals surface area (Å²) in [5.74, 6) is 0.836. The molecule has 19 heavy (non-hydrogen) atoms. The number of hydrogen-bond donors (Lipinski definition) is 1. The minimum absolute atomic E-state index is 0.0506. The van der Waals surface area contributed by atoms with Crippen molar-refractivity contribution in [1.82, 2.24) is 9.80 Å². The van der Waals surface area contributed by atoms with Crippen molar-refractivity contribution in [2.24, 2.45) is 17.6 Å². The van der Waals surface area contributed by atoms with Gasteiger partial charge in [0, 0.05) is 25.7 Å². The normalized spacial score (nSPS) is 23.9. The number of hydrogen-bond acceptors (Lipinski definition) is 3. The molecule has 1 fully saturated rings. The first-order valence-electron chi connectivity index (χ1n) is 7.61. The number of rotatable bonds is 6. The largest absolute Gasteiger partial charge is 0.341 e. The van der Waals surface area contributed by atoms with Crippen molar-refractivity contribution >= 4 is 5.91 Å². The average Bonchev–Trinajstić information content (AvgIpc) is 2.33. The number of nitrogens with two attached hydrogens (primary N) is 1. The second-order valence-corrected chi connectivity index (χ2v) is 6.54. The lowest BCUT2D eigenvalue weighted by molar-refractivity contribution is -0.137. The molecule has 0 bridgehead atoms. The molecule has 0 aromatic heterocycles. The van der Waals surface area contributed by atoms with Crippen molar-refractivity contribution in [2.75, 3.05) is 33.7 Å². The van der Waals surface area contributed by atoms with Gasteiger partial charge in [0.25, 0.3) is 0 Å². The molecule has 1 saturated carbocycles. The van der Waals surface area contributed by atoms with Crippen molar-refractivity contribution in [3.8, 4) is 0 Å².